The minimum atomic E-state index is -3.63. The minimum Gasteiger partial charge on any atom is -0.207 e. The molecule has 1 N–H and O–H groups in total. The second-order valence-corrected chi connectivity index (χ2v) is 10.1. The van der Waals surface area contributed by atoms with E-state index in [2.05, 4.69) is 20.7 Å². The van der Waals surface area contributed by atoms with Gasteiger partial charge in [0.2, 0.25) is 20.0 Å². The molecule has 0 saturated heterocycles. The van der Waals surface area contributed by atoms with E-state index in [0.29, 0.717) is 18.7 Å². The highest BCUT2D eigenvalue weighted by atomic mass is 79.9. The topological polar surface area (TPSA) is 83.6 Å². The van der Waals surface area contributed by atoms with Gasteiger partial charge in [0.25, 0.3) is 0 Å². The molecule has 0 atom stereocenters. The molecule has 0 unspecified atom stereocenters. The number of sulfonamides is 2. The Labute approximate surface area is 163 Å². The summed E-state index contributed by atoms with van der Waals surface area (Å²) in [7, 11) is -7.15. The van der Waals surface area contributed by atoms with Gasteiger partial charge in [-0.3, -0.25) is 0 Å². The van der Waals surface area contributed by atoms with E-state index in [-0.39, 0.29) is 16.3 Å². The molecule has 0 bridgehead atoms. The highest BCUT2D eigenvalue weighted by molar-refractivity contribution is 9.10. The fraction of sp³-hybridized carbons (Fsp3) is 0.294. The molecule has 0 radical (unpaired) electrons. The van der Waals surface area contributed by atoms with Crippen molar-refractivity contribution in [3.8, 4) is 0 Å². The molecule has 0 amide bonds. The molecule has 2 aromatic rings. The Morgan fingerprint density at radius 3 is 1.85 bits per heavy atom. The molecule has 9 heteroatoms. The van der Waals surface area contributed by atoms with Crippen molar-refractivity contribution in [1.29, 1.82) is 0 Å². The number of hydrogen-bond acceptors (Lipinski definition) is 4. The molecule has 0 aromatic heterocycles. The quantitative estimate of drug-likeness (QED) is 0.655. The van der Waals surface area contributed by atoms with E-state index in [1.165, 1.54) is 28.6 Å². The lowest BCUT2D eigenvalue weighted by molar-refractivity contribution is 0.445. The third kappa shape index (κ3) is 4.92. The van der Waals surface area contributed by atoms with Gasteiger partial charge >= 0.3 is 0 Å². The predicted octanol–water partition coefficient (Wildman–Crippen LogP) is 2.96. The van der Waals surface area contributed by atoms with Gasteiger partial charge in [0, 0.05) is 24.1 Å². The summed E-state index contributed by atoms with van der Waals surface area (Å²) in [6.45, 7) is 4.43. The maximum absolute atomic E-state index is 12.4. The van der Waals surface area contributed by atoms with Crippen LogP contribution in [0, 0.1) is 0 Å². The van der Waals surface area contributed by atoms with Gasteiger partial charge in [0.1, 0.15) is 0 Å². The molecule has 2 aromatic carbocycles. The maximum Gasteiger partial charge on any atom is 0.243 e. The molecule has 0 aliphatic carbocycles. The summed E-state index contributed by atoms with van der Waals surface area (Å²) in [6.07, 6.45) is 0. The molecule has 0 fully saturated rings. The Hall–Kier alpha value is -1.26. The second kappa shape index (κ2) is 8.62. The van der Waals surface area contributed by atoms with E-state index in [9.17, 15) is 16.8 Å². The number of nitrogens with one attached hydrogen (secondary N) is 1. The Balaban J connectivity index is 2.11. The van der Waals surface area contributed by atoms with E-state index in [0.717, 1.165) is 4.47 Å². The van der Waals surface area contributed by atoms with Crippen molar-refractivity contribution >= 4 is 36.0 Å². The number of rotatable bonds is 8. The fourth-order valence-corrected chi connectivity index (χ4v) is 5.11. The first-order valence-corrected chi connectivity index (χ1v) is 11.8. The lowest BCUT2D eigenvalue weighted by Gasteiger charge is -2.18. The maximum atomic E-state index is 12.4. The third-order valence-corrected chi connectivity index (χ3v) is 7.87. The first-order chi connectivity index (χ1) is 12.2. The summed E-state index contributed by atoms with van der Waals surface area (Å²) in [5, 5.41) is 0. The monoisotopic (exact) mass is 460 g/mol. The normalized spacial score (nSPS) is 12.5. The summed E-state index contributed by atoms with van der Waals surface area (Å²) in [4.78, 5) is 0.363. The van der Waals surface area contributed by atoms with Crippen LogP contribution in [0.25, 0.3) is 0 Å². The summed E-state index contributed by atoms with van der Waals surface area (Å²) in [5.41, 5.74) is 0.671. The number of hydrogen-bond donors (Lipinski definition) is 1. The van der Waals surface area contributed by atoms with Crippen LogP contribution in [0.5, 0.6) is 0 Å². The van der Waals surface area contributed by atoms with E-state index in [1.807, 2.05) is 0 Å². The molecule has 26 heavy (non-hydrogen) atoms. The summed E-state index contributed by atoms with van der Waals surface area (Å²) in [6, 6.07) is 12.5. The van der Waals surface area contributed by atoms with Crippen LogP contribution in [0.2, 0.25) is 0 Å². The van der Waals surface area contributed by atoms with Gasteiger partial charge < -0.3 is 0 Å². The smallest absolute Gasteiger partial charge is 0.207 e. The molecular weight excluding hydrogens is 440 g/mol. The van der Waals surface area contributed by atoms with Crippen LogP contribution in [-0.4, -0.2) is 34.2 Å². The van der Waals surface area contributed by atoms with Crippen molar-refractivity contribution < 1.29 is 16.8 Å². The molecule has 0 saturated carbocycles. The highest BCUT2D eigenvalue weighted by Crippen LogP contribution is 2.17. The highest BCUT2D eigenvalue weighted by Gasteiger charge is 2.21. The van der Waals surface area contributed by atoms with E-state index < -0.39 is 20.0 Å². The van der Waals surface area contributed by atoms with Gasteiger partial charge in [-0.05, 0) is 42.0 Å². The van der Waals surface area contributed by atoms with Crippen LogP contribution in [0.15, 0.2) is 62.8 Å². The zero-order chi connectivity index (χ0) is 19.4. The van der Waals surface area contributed by atoms with Crippen molar-refractivity contribution in [2.24, 2.45) is 0 Å². The fourth-order valence-electron chi connectivity index (χ4n) is 2.37. The van der Waals surface area contributed by atoms with Crippen molar-refractivity contribution in [3.63, 3.8) is 0 Å². The molecule has 0 heterocycles. The summed E-state index contributed by atoms with van der Waals surface area (Å²) >= 11 is 3.26. The molecule has 0 spiro atoms. The van der Waals surface area contributed by atoms with E-state index in [4.69, 9.17) is 0 Å². The van der Waals surface area contributed by atoms with Crippen molar-refractivity contribution in [2.75, 3.05) is 13.1 Å². The van der Waals surface area contributed by atoms with Crippen LogP contribution in [0.3, 0.4) is 0 Å². The van der Waals surface area contributed by atoms with Crippen LogP contribution in [-0.2, 0) is 26.6 Å². The Bertz CT molecular complexity index is 937. The summed E-state index contributed by atoms with van der Waals surface area (Å²) < 4.78 is 54.1. The number of nitrogens with zero attached hydrogens (tertiary/aromatic N) is 1. The van der Waals surface area contributed by atoms with Crippen LogP contribution in [0.4, 0.5) is 0 Å². The van der Waals surface area contributed by atoms with Crippen molar-refractivity contribution in [1.82, 2.24) is 9.03 Å². The Morgan fingerprint density at radius 2 is 1.35 bits per heavy atom. The minimum absolute atomic E-state index is 0.0734. The van der Waals surface area contributed by atoms with Crippen LogP contribution in [0.1, 0.15) is 19.4 Å². The van der Waals surface area contributed by atoms with Crippen LogP contribution >= 0.6 is 15.9 Å². The van der Waals surface area contributed by atoms with E-state index in [1.54, 1.807) is 38.1 Å². The average molecular weight is 461 g/mol. The Kier molecular flexibility index (Phi) is 6.98. The zero-order valence-electron chi connectivity index (χ0n) is 14.5. The molecule has 2 rings (SSSR count). The third-order valence-electron chi connectivity index (χ3n) is 3.86. The van der Waals surface area contributed by atoms with E-state index >= 15 is 0 Å². The van der Waals surface area contributed by atoms with Crippen molar-refractivity contribution in [2.45, 2.75) is 30.2 Å². The lowest BCUT2D eigenvalue weighted by Crippen LogP contribution is -2.30. The number of benzene rings is 2. The predicted molar refractivity (Wildman–Crippen MR) is 105 cm³/mol. The molecule has 0 aliphatic heterocycles. The largest absolute Gasteiger partial charge is 0.243 e. The van der Waals surface area contributed by atoms with Gasteiger partial charge in [0.05, 0.1) is 9.79 Å². The van der Waals surface area contributed by atoms with Gasteiger partial charge in [-0.1, -0.05) is 41.9 Å². The van der Waals surface area contributed by atoms with Gasteiger partial charge in [-0.15, -0.1) is 0 Å². The average Bonchev–Trinajstić information content (AvgIpc) is 2.61. The molecule has 6 nitrogen and oxygen atoms in total. The lowest BCUT2D eigenvalue weighted by atomic mass is 10.2. The van der Waals surface area contributed by atoms with Gasteiger partial charge in [-0.25, -0.2) is 21.6 Å². The standard InChI is InChI=1S/C17H21BrN2O4S2/c1-3-20(4-2)26(23,24)17-9-5-14(6-10-17)13-19-25(21,22)16-11-7-15(18)8-12-16/h5-12,19H,3-4,13H2,1-2H3. The van der Waals surface area contributed by atoms with Gasteiger partial charge in [-0.2, -0.15) is 4.31 Å². The second-order valence-electron chi connectivity index (χ2n) is 5.51. The summed E-state index contributed by atoms with van der Waals surface area (Å²) in [5.74, 6) is 0. The molecular formula is C17H21BrN2O4S2. The Morgan fingerprint density at radius 1 is 0.846 bits per heavy atom. The SMILES string of the molecule is CCN(CC)S(=O)(=O)c1ccc(CNS(=O)(=O)c2ccc(Br)cc2)cc1. The van der Waals surface area contributed by atoms with Crippen LogP contribution < -0.4 is 4.72 Å². The van der Waals surface area contributed by atoms with Gasteiger partial charge in [0.15, 0.2) is 0 Å². The first-order valence-electron chi connectivity index (χ1n) is 8.05. The first kappa shape index (κ1) is 21.0. The molecule has 0 aliphatic rings. The zero-order valence-corrected chi connectivity index (χ0v) is 17.7. The van der Waals surface area contributed by atoms with Crippen molar-refractivity contribution in [3.05, 3.63) is 58.6 Å². The number of halogens is 1. The molecule has 142 valence electrons.